The number of carbonyl (C=O) groups is 2. The van der Waals surface area contributed by atoms with E-state index in [-0.39, 0.29) is 11.4 Å². The van der Waals surface area contributed by atoms with Crippen LogP contribution in [0.4, 0.5) is 11.5 Å². The number of ketones is 1. The molecule has 0 fully saturated rings. The molecule has 1 aliphatic rings. The molecule has 2 aromatic carbocycles. The molecule has 0 bridgehead atoms. The third-order valence-electron chi connectivity index (χ3n) is 4.33. The van der Waals surface area contributed by atoms with E-state index in [4.69, 9.17) is 0 Å². The van der Waals surface area contributed by atoms with Gasteiger partial charge in [-0.15, -0.1) is 0 Å². The van der Waals surface area contributed by atoms with Crippen molar-refractivity contribution in [2.45, 2.75) is 6.54 Å². The Morgan fingerprint density at radius 1 is 0.889 bits per heavy atom. The van der Waals surface area contributed by atoms with E-state index in [1.54, 1.807) is 18.3 Å². The lowest BCUT2D eigenvalue weighted by Crippen LogP contribution is -2.37. The van der Waals surface area contributed by atoms with Crippen LogP contribution in [-0.2, 0) is 11.3 Å². The molecule has 132 valence electrons. The quantitative estimate of drug-likeness (QED) is 0.574. The Bertz CT molecular complexity index is 1010. The maximum absolute atomic E-state index is 13.1. The molecular formula is C22H17N3O2. The number of carbonyl (C=O) groups excluding carboxylic acids is 2. The minimum absolute atomic E-state index is 0.0929. The smallest absolute Gasteiger partial charge is 0.269 e. The predicted molar refractivity (Wildman–Crippen MR) is 104 cm³/mol. The highest BCUT2D eigenvalue weighted by atomic mass is 16.2. The maximum Gasteiger partial charge on any atom is 0.269 e. The number of hydrogen-bond donors (Lipinski definition) is 1. The summed E-state index contributed by atoms with van der Waals surface area (Å²) in [5.74, 6) is -0.354. The van der Waals surface area contributed by atoms with Crippen molar-refractivity contribution in [2.24, 2.45) is 0 Å². The van der Waals surface area contributed by atoms with Gasteiger partial charge in [-0.2, -0.15) is 0 Å². The van der Waals surface area contributed by atoms with Crippen molar-refractivity contribution in [1.82, 2.24) is 10.3 Å². The van der Waals surface area contributed by atoms with Gasteiger partial charge < -0.3 is 5.32 Å². The van der Waals surface area contributed by atoms with Crippen molar-refractivity contribution in [2.75, 3.05) is 4.90 Å². The molecule has 3 aromatic rings. The normalized spacial score (nSPS) is 15.0. The van der Waals surface area contributed by atoms with Crippen LogP contribution < -0.4 is 10.2 Å². The van der Waals surface area contributed by atoms with E-state index >= 15 is 0 Å². The summed E-state index contributed by atoms with van der Waals surface area (Å²) in [6.07, 6.45) is 3.08. The average Bonchev–Trinajstić information content (AvgIpc) is 2.72. The number of nitrogens with one attached hydrogen (secondary N) is 1. The van der Waals surface area contributed by atoms with Gasteiger partial charge >= 0.3 is 0 Å². The van der Waals surface area contributed by atoms with E-state index in [0.717, 1.165) is 5.56 Å². The summed E-state index contributed by atoms with van der Waals surface area (Å²) in [6.45, 7) is 0.524. The molecule has 1 aliphatic heterocycles. The van der Waals surface area contributed by atoms with E-state index in [0.29, 0.717) is 23.6 Å². The van der Waals surface area contributed by atoms with E-state index in [2.05, 4.69) is 10.3 Å². The van der Waals surface area contributed by atoms with E-state index in [9.17, 15) is 9.59 Å². The Morgan fingerprint density at radius 3 is 2.33 bits per heavy atom. The first-order valence-electron chi connectivity index (χ1n) is 8.62. The van der Waals surface area contributed by atoms with Crippen molar-refractivity contribution in [1.29, 1.82) is 0 Å². The van der Waals surface area contributed by atoms with Crippen molar-refractivity contribution in [3.8, 4) is 0 Å². The zero-order valence-electron chi connectivity index (χ0n) is 14.5. The highest BCUT2D eigenvalue weighted by Gasteiger charge is 2.36. The summed E-state index contributed by atoms with van der Waals surface area (Å²) < 4.78 is 0. The fraction of sp³-hybridized carbons (Fsp3) is 0.0455. The Kier molecular flexibility index (Phi) is 4.49. The monoisotopic (exact) mass is 355 g/mol. The van der Waals surface area contributed by atoms with Crippen LogP contribution in [0.25, 0.3) is 0 Å². The highest BCUT2D eigenvalue weighted by Crippen LogP contribution is 2.34. The number of anilines is 2. The summed E-state index contributed by atoms with van der Waals surface area (Å²) in [4.78, 5) is 31.7. The van der Waals surface area contributed by atoms with Crippen LogP contribution >= 0.6 is 0 Å². The number of hydrogen-bond acceptors (Lipinski definition) is 4. The molecule has 0 saturated carbocycles. The molecule has 0 atom stereocenters. The first-order valence-corrected chi connectivity index (χ1v) is 8.62. The number of rotatable bonds is 4. The van der Waals surface area contributed by atoms with E-state index in [1.165, 1.54) is 11.1 Å². The van der Waals surface area contributed by atoms with Crippen molar-refractivity contribution < 1.29 is 9.59 Å². The number of para-hydroxylation sites is 1. The summed E-state index contributed by atoms with van der Waals surface area (Å²) in [7, 11) is 0. The topological polar surface area (TPSA) is 62.3 Å². The second-order valence-electron chi connectivity index (χ2n) is 6.10. The summed E-state index contributed by atoms with van der Waals surface area (Å²) in [5.41, 5.74) is 2.24. The van der Waals surface area contributed by atoms with Crippen LogP contribution in [0.2, 0.25) is 0 Å². The molecule has 2 heterocycles. The maximum atomic E-state index is 13.1. The molecule has 5 heteroatoms. The largest absolute Gasteiger partial charge is 0.386 e. The Labute approximate surface area is 157 Å². The average molecular weight is 355 g/mol. The molecule has 1 N–H and O–H groups in total. The van der Waals surface area contributed by atoms with E-state index < -0.39 is 5.91 Å². The van der Waals surface area contributed by atoms with Gasteiger partial charge in [-0.3, -0.25) is 14.5 Å². The SMILES string of the molecule is O=C1/C(=C\NCc2ccccc2)C(=O)N(c2ccccc2)c2ncccc21. The van der Waals surface area contributed by atoms with Crippen LogP contribution in [0.15, 0.2) is 90.8 Å². The number of nitrogens with zero attached hydrogens (tertiary/aromatic N) is 2. The number of pyridine rings is 1. The Balaban J connectivity index is 1.70. The van der Waals surface area contributed by atoms with Gasteiger partial charge in [0.15, 0.2) is 5.82 Å². The van der Waals surface area contributed by atoms with Gasteiger partial charge in [0.2, 0.25) is 5.78 Å². The van der Waals surface area contributed by atoms with Crippen molar-refractivity contribution in [3.05, 3.63) is 102 Å². The van der Waals surface area contributed by atoms with Crippen LogP contribution in [-0.4, -0.2) is 16.7 Å². The number of benzene rings is 2. The van der Waals surface area contributed by atoms with Crippen LogP contribution in [0.1, 0.15) is 15.9 Å². The van der Waals surface area contributed by atoms with Gasteiger partial charge in [-0.25, -0.2) is 4.98 Å². The first-order chi connectivity index (χ1) is 13.3. The molecule has 4 rings (SSSR count). The number of Topliss-reactive ketones (excluding diaryl/α,β-unsaturated/α-hetero) is 1. The minimum atomic E-state index is -0.391. The third-order valence-corrected chi connectivity index (χ3v) is 4.33. The Morgan fingerprint density at radius 2 is 1.59 bits per heavy atom. The van der Waals surface area contributed by atoms with Gasteiger partial charge in [0, 0.05) is 18.9 Å². The van der Waals surface area contributed by atoms with Gasteiger partial charge in [0.25, 0.3) is 5.91 Å². The molecular weight excluding hydrogens is 338 g/mol. The molecule has 1 aromatic heterocycles. The highest BCUT2D eigenvalue weighted by molar-refractivity contribution is 6.35. The van der Waals surface area contributed by atoms with Crippen molar-refractivity contribution in [3.63, 3.8) is 0 Å². The number of aromatic nitrogens is 1. The lowest BCUT2D eigenvalue weighted by molar-refractivity contribution is -0.114. The van der Waals surface area contributed by atoms with Gasteiger partial charge in [0.05, 0.1) is 11.3 Å². The molecule has 0 aliphatic carbocycles. The summed E-state index contributed by atoms with van der Waals surface area (Å²) in [6, 6.07) is 22.4. The van der Waals surface area contributed by atoms with Gasteiger partial charge in [0.1, 0.15) is 5.57 Å². The Hall–Kier alpha value is -3.73. The summed E-state index contributed by atoms with van der Waals surface area (Å²) >= 11 is 0. The minimum Gasteiger partial charge on any atom is -0.386 e. The lowest BCUT2D eigenvalue weighted by Gasteiger charge is -2.28. The molecule has 1 amide bonds. The molecule has 0 radical (unpaired) electrons. The van der Waals surface area contributed by atoms with E-state index in [1.807, 2.05) is 60.7 Å². The zero-order valence-corrected chi connectivity index (χ0v) is 14.5. The van der Waals surface area contributed by atoms with Crippen LogP contribution in [0, 0.1) is 0 Å². The standard InChI is InChI=1S/C22H17N3O2/c26-20-18-12-7-13-24-21(18)25(17-10-5-2-6-11-17)22(27)19(20)15-23-14-16-8-3-1-4-9-16/h1-13,15,23H,14H2/b19-15+. The van der Waals surface area contributed by atoms with Crippen LogP contribution in [0.3, 0.4) is 0 Å². The van der Waals surface area contributed by atoms with Gasteiger partial charge in [-0.1, -0.05) is 48.5 Å². The molecule has 5 nitrogen and oxygen atoms in total. The first kappa shape index (κ1) is 16.7. The molecule has 0 unspecified atom stereocenters. The fourth-order valence-corrected chi connectivity index (χ4v) is 3.02. The third kappa shape index (κ3) is 3.22. The lowest BCUT2D eigenvalue weighted by atomic mass is 9.98. The zero-order chi connectivity index (χ0) is 18.6. The fourth-order valence-electron chi connectivity index (χ4n) is 3.02. The second kappa shape index (κ2) is 7.25. The predicted octanol–water partition coefficient (Wildman–Crippen LogP) is 3.62. The number of amides is 1. The van der Waals surface area contributed by atoms with Gasteiger partial charge in [-0.05, 0) is 29.8 Å². The number of fused-ring (bicyclic) bond motifs is 1. The molecule has 0 saturated heterocycles. The van der Waals surface area contributed by atoms with Crippen molar-refractivity contribution >= 4 is 23.2 Å². The van der Waals surface area contributed by atoms with Crippen LogP contribution in [0.5, 0.6) is 0 Å². The summed E-state index contributed by atoms with van der Waals surface area (Å²) in [5, 5.41) is 3.08. The molecule has 0 spiro atoms. The second-order valence-corrected chi connectivity index (χ2v) is 6.10. The molecule has 27 heavy (non-hydrogen) atoms.